The number of aromatic nitrogens is 4. The Kier molecular flexibility index (Phi) is 15.5. The maximum absolute atomic E-state index is 12.8. The third-order valence-electron chi connectivity index (χ3n) is 7.06. The first-order chi connectivity index (χ1) is 23.1. The number of hydrogen-bond donors (Lipinski definition) is 6. The average Bonchev–Trinajstić information content (AvgIpc) is 3.06. The van der Waals surface area contributed by atoms with Crippen LogP contribution in [0, 0.1) is 0 Å². The second-order valence-corrected chi connectivity index (χ2v) is 11.9. The van der Waals surface area contributed by atoms with E-state index in [2.05, 4.69) is 41.8 Å². The van der Waals surface area contributed by atoms with Crippen molar-refractivity contribution in [3.05, 3.63) is 41.7 Å². The van der Waals surface area contributed by atoms with E-state index in [1.54, 1.807) is 42.2 Å². The molecule has 0 radical (unpaired) electrons. The summed E-state index contributed by atoms with van der Waals surface area (Å²) < 4.78 is 5.57. The van der Waals surface area contributed by atoms with E-state index in [0.29, 0.717) is 62.0 Å². The van der Waals surface area contributed by atoms with E-state index < -0.39 is 17.9 Å². The molecule has 1 atom stereocenters. The summed E-state index contributed by atoms with van der Waals surface area (Å²) in [6, 6.07) is 5.41. The minimum Gasteiger partial charge on any atom is -0.480 e. The molecule has 260 valence electrons. The van der Waals surface area contributed by atoms with Gasteiger partial charge in [0.25, 0.3) is 5.91 Å². The van der Waals surface area contributed by atoms with E-state index in [-0.39, 0.29) is 36.1 Å². The van der Waals surface area contributed by atoms with E-state index >= 15 is 0 Å². The molecule has 0 fully saturated rings. The fourth-order valence-electron chi connectivity index (χ4n) is 4.49. The second-order valence-electron chi connectivity index (χ2n) is 10.9. The number of aliphatic carboxylic acids is 1. The number of carbonyl (C=O) groups is 3. The molecule has 0 saturated carbocycles. The normalized spacial score (nSPS) is 12.1. The van der Waals surface area contributed by atoms with Gasteiger partial charge in [0, 0.05) is 57.4 Å². The van der Waals surface area contributed by atoms with Crippen LogP contribution in [0.3, 0.4) is 0 Å². The SMILES string of the molecule is CSCCCC(N)=NCCCOCCCNC(=O)CCC(NC(=O)c1ccc(N(C)Cc2cnc3nc(N)nc(N)c3n2)cc1)C(=O)O. The molecule has 0 aliphatic rings. The Morgan fingerprint density at radius 3 is 2.54 bits per heavy atom. The summed E-state index contributed by atoms with van der Waals surface area (Å²) in [4.78, 5) is 59.8. The number of amides is 2. The Labute approximate surface area is 283 Å². The van der Waals surface area contributed by atoms with Gasteiger partial charge in [-0.05, 0) is 62.0 Å². The molecule has 16 nitrogen and oxygen atoms in total. The molecule has 17 heteroatoms. The van der Waals surface area contributed by atoms with Crippen LogP contribution in [0.4, 0.5) is 17.5 Å². The van der Waals surface area contributed by atoms with Crippen molar-refractivity contribution in [2.45, 2.75) is 51.1 Å². The van der Waals surface area contributed by atoms with Crippen LogP contribution in [0.15, 0.2) is 35.5 Å². The molecule has 0 bridgehead atoms. The summed E-state index contributed by atoms with van der Waals surface area (Å²) in [5, 5.41) is 14.9. The Morgan fingerprint density at radius 2 is 1.81 bits per heavy atom. The number of aliphatic imine (C=N–C) groups is 1. The molecule has 0 spiro atoms. The molecule has 2 aromatic heterocycles. The van der Waals surface area contributed by atoms with Crippen molar-refractivity contribution in [2.24, 2.45) is 10.7 Å². The van der Waals surface area contributed by atoms with Gasteiger partial charge < -0.3 is 42.6 Å². The highest BCUT2D eigenvalue weighted by Gasteiger charge is 2.22. The molecule has 9 N–H and O–H groups in total. The molecular weight excluding hydrogens is 638 g/mol. The lowest BCUT2D eigenvalue weighted by Crippen LogP contribution is -2.41. The number of ether oxygens (including phenoxy) is 1. The molecule has 0 aliphatic heterocycles. The first-order valence-corrected chi connectivity index (χ1v) is 17.0. The predicted octanol–water partition coefficient (Wildman–Crippen LogP) is 1.60. The van der Waals surface area contributed by atoms with E-state index in [9.17, 15) is 19.5 Å². The maximum Gasteiger partial charge on any atom is 0.326 e. The van der Waals surface area contributed by atoms with Gasteiger partial charge in [0.2, 0.25) is 11.9 Å². The van der Waals surface area contributed by atoms with Crippen LogP contribution >= 0.6 is 11.8 Å². The number of carbonyl (C=O) groups excluding carboxylic acids is 2. The van der Waals surface area contributed by atoms with Crippen molar-refractivity contribution in [3.8, 4) is 0 Å². The number of benzene rings is 1. The highest BCUT2D eigenvalue weighted by Crippen LogP contribution is 2.19. The van der Waals surface area contributed by atoms with E-state index in [1.165, 1.54) is 0 Å². The van der Waals surface area contributed by atoms with E-state index in [1.807, 2.05) is 11.9 Å². The van der Waals surface area contributed by atoms with Gasteiger partial charge >= 0.3 is 5.97 Å². The smallest absolute Gasteiger partial charge is 0.326 e. The number of nitrogens with one attached hydrogen (secondary N) is 2. The summed E-state index contributed by atoms with van der Waals surface area (Å²) in [6.07, 6.45) is 6.74. The molecular formula is C31H45N11O5S. The van der Waals surface area contributed by atoms with Gasteiger partial charge in [-0.1, -0.05) is 0 Å². The van der Waals surface area contributed by atoms with Crippen LogP contribution in [0.1, 0.15) is 54.6 Å². The Bertz CT molecular complexity index is 1540. The van der Waals surface area contributed by atoms with Crippen molar-refractivity contribution >= 4 is 64.0 Å². The number of hydrogen-bond acceptors (Lipinski definition) is 13. The third-order valence-corrected chi connectivity index (χ3v) is 7.76. The fourth-order valence-corrected chi connectivity index (χ4v) is 4.93. The van der Waals surface area contributed by atoms with Gasteiger partial charge in [-0.25, -0.2) is 14.8 Å². The summed E-state index contributed by atoms with van der Waals surface area (Å²) >= 11 is 1.79. The molecule has 1 unspecified atom stereocenters. The Morgan fingerprint density at radius 1 is 1.06 bits per heavy atom. The monoisotopic (exact) mass is 683 g/mol. The number of carboxylic acid groups (broad SMARTS) is 1. The van der Waals surface area contributed by atoms with Crippen LogP contribution < -0.4 is 32.7 Å². The van der Waals surface area contributed by atoms with Gasteiger partial charge in [-0.2, -0.15) is 21.7 Å². The molecule has 48 heavy (non-hydrogen) atoms. The lowest BCUT2D eigenvalue weighted by molar-refractivity contribution is -0.139. The Hall–Kier alpha value is -4.77. The number of rotatable bonds is 21. The Balaban J connectivity index is 1.36. The van der Waals surface area contributed by atoms with Crippen LogP contribution in [0.2, 0.25) is 0 Å². The summed E-state index contributed by atoms with van der Waals surface area (Å²) in [5.74, 6) is -0.188. The molecule has 0 aliphatic carbocycles. The summed E-state index contributed by atoms with van der Waals surface area (Å²) in [6.45, 7) is 2.43. The topological polar surface area (TPSA) is 250 Å². The van der Waals surface area contributed by atoms with Crippen molar-refractivity contribution in [1.82, 2.24) is 30.6 Å². The molecule has 2 heterocycles. The van der Waals surface area contributed by atoms with Crippen LogP contribution in [0.25, 0.3) is 11.2 Å². The molecule has 3 aromatic rings. The van der Waals surface area contributed by atoms with Gasteiger partial charge in [0.1, 0.15) is 6.04 Å². The second kappa shape index (κ2) is 19.8. The number of nitrogen functional groups attached to an aromatic ring is 2. The van der Waals surface area contributed by atoms with Crippen LogP contribution in [-0.4, -0.2) is 100 Å². The van der Waals surface area contributed by atoms with E-state index in [0.717, 1.165) is 30.7 Å². The zero-order valence-corrected chi connectivity index (χ0v) is 28.2. The number of nitrogens with zero attached hydrogens (tertiary/aromatic N) is 6. The molecule has 0 saturated heterocycles. The number of anilines is 3. The minimum atomic E-state index is -1.23. The fraction of sp³-hybridized carbons (Fsp3) is 0.484. The first kappa shape index (κ1) is 37.7. The van der Waals surface area contributed by atoms with Crippen LogP contribution in [-0.2, 0) is 20.9 Å². The van der Waals surface area contributed by atoms with Crippen molar-refractivity contribution < 1.29 is 24.2 Å². The number of carboxylic acids is 1. The van der Waals surface area contributed by atoms with Gasteiger partial charge in [-0.15, -0.1) is 0 Å². The van der Waals surface area contributed by atoms with Gasteiger partial charge in [0.05, 0.1) is 24.3 Å². The standard InChI is InChI=1S/C31H45N11O5S/c1-42(19-21-18-37-28-26(38-21)27(33)40-31(34)41-28)22-9-7-20(8-10-22)29(44)39-23(30(45)46)11-12-25(43)36-14-5-16-47-15-4-13-35-24(32)6-3-17-48-2/h7-10,18,23H,3-6,11-17,19H2,1-2H3,(H2,32,35)(H,36,43)(H,39,44)(H,45,46)(H4,33,34,37,40,41). The van der Waals surface area contributed by atoms with Crippen LogP contribution in [0.5, 0.6) is 0 Å². The molecule has 2 amide bonds. The van der Waals surface area contributed by atoms with E-state index in [4.69, 9.17) is 21.9 Å². The average molecular weight is 684 g/mol. The minimum absolute atomic E-state index is 0.0174. The third kappa shape index (κ3) is 12.8. The maximum atomic E-state index is 12.8. The quantitative estimate of drug-likeness (QED) is 0.0530. The number of thioether (sulfide) groups is 1. The van der Waals surface area contributed by atoms with Gasteiger partial charge in [0.15, 0.2) is 17.0 Å². The van der Waals surface area contributed by atoms with Gasteiger partial charge in [-0.3, -0.25) is 14.6 Å². The molecule has 3 rings (SSSR count). The molecule has 1 aromatic carbocycles. The number of fused-ring (bicyclic) bond motifs is 1. The number of nitrogens with two attached hydrogens (primary N) is 3. The lowest BCUT2D eigenvalue weighted by atomic mass is 10.1. The van der Waals surface area contributed by atoms with Crippen molar-refractivity contribution in [3.63, 3.8) is 0 Å². The van der Waals surface area contributed by atoms with Crippen molar-refractivity contribution in [1.29, 1.82) is 0 Å². The first-order valence-electron chi connectivity index (χ1n) is 15.6. The highest BCUT2D eigenvalue weighted by atomic mass is 32.2. The largest absolute Gasteiger partial charge is 0.480 e. The number of amidine groups is 1. The summed E-state index contributed by atoms with van der Waals surface area (Å²) in [7, 11) is 1.84. The zero-order valence-electron chi connectivity index (χ0n) is 27.4. The van der Waals surface area contributed by atoms with Crippen molar-refractivity contribution in [2.75, 3.05) is 61.7 Å². The predicted molar refractivity (Wildman–Crippen MR) is 188 cm³/mol. The highest BCUT2D eigenvalue weighted by molar-refractivity contribution is 7.98. The summed E-state index contributed by atoms with van der Waals surface area (Å²) in [5.41, 5.74) is 19.7. The lowest BCUT2D eigenvalue weighted by Gasteiger charge is -2.19. The zero-order chi connectivity index (χ0) is 34.9.